The molecule has 0 N–H and O–H groups in total. The third-order valence-electron chi connectivity index (χ3n) is 5.23. The maximum absolute atomic E-state index is 12.5. The summed E-state index contributed by atoms with van der Waals surface area (Å²) in [7, 11) is 0. The number of piperazine rings is 1. The smallest absolute Gasteiger partial charge is 0.269 e. The number of fused-ring (bicyclic) bond motifs is 1. The molecule has 1 aromatic heterocycles. The topological polar surface area (TPSA) is 79.6 Å². The van der Waals surface area contributed by atoms with Crippen LogP contribution in [0.1, 0.15) is 18.1 Å². The van der Waals surface area contributed by atoms with E-state index in [0.29, 0.717) is 13.1 Å². The number of non-ortho nitro benzene ring substituents is 1. The Balaban J connectivity index is 1.35. The Bertz CT molecular complexity index is 1100. The Morgan fingerprint density at radius 2 is 1.90 bits per heavy atom. The van der Waals surface area contributed by atoms with Crippen molar-refractivity contribution in [2.45, 2.75) is 13.3 Å². The van der Waals surface area contributed by atoms with Crippen LogP contribution in [0.4, 0.5) is 10.8 Å². The van der Waals surface area contributed by atoms with Gasteiger partial charge in [0, 0.05) is 44.4 Å². The number of amides is 1. The molecule has 4 rings (SSSR count). The molecule has 0 aliphatic carbocycles. The summed E-state index contributed by atoms with van der Waals surface area (Å²) < 4.78 is 1.20. The van der Waals surface area contributed by atoms with Crippen molar-refractivity contribution in [3.8, 4) is 0 Å². The maximum Gasteiger partial charge on any atom is 0.269 e. The van der Waals surface area contributed by atoms with Crippen molar-refractivity contribution < 1.29 is 9.72 Å². The number of benzene rings is 2. The highest BCUT2D eigenvalue weighted by molar-refractivity contribution is 7.22. The van der Waals surface area contributed by atoms with Crippen molar-refractivity contribution >= 4 is 44.4 Å². The maximum atomic E-state index is 12.5. The van der Waals surface area contributed by atoms with Crippen LogP contribution < -0.4 is 4.90 Å². The highest BCUT2D eigenvalue weighted by Gasteiger charge is 2.22. The minimum atomic E-state index is -0.438. The van der Waals surface area contributed by atoms with Gasteiger partial charge in [-0.05, 0) is 47.9 Å². The summed E-state index contributed by atoms with van der Waals surface area (Å²) >= 11 is 1.70. The fraction of sp³-hybridized carbons (Fsp3) is 0.273. The first-order chi connectivity index (χ1) is 14.5. The predicted molar refractivity (Wildman–Crippen MR) is 120 cm³/mol. The van der Waals surface area contributed by atoms with Gasteiger partial charge in [0.15, 0.2) is 5.13 Å². The van der Waals surface area contributed by atoms with Gasteiger partial charge in [-0.3, -0.25) is 14.9 Å². The van der Waals surface area contributed by atoms with Gasteiger partial charge in [0.2, 0.25) is 5.91 Å². The summed E-state index contributed by atoms with van der Waals surface area (Å²) in [6.07, 6.45) is 4.23. The molecule has 3 aromatic rings. The minimum absolute atomic E-state index is 0.0374. The van der Waals surface area contributed by atoms with E-state index in [1.54, 1.807) is 29.5 Å². The van der Waals surface area contributed by atoms with Crippen LogP contribution in [-0.4, -0.2) is 46.9 Å². The number of nitrogens with zero attached hydrogens (tertiary/aromatic N) is 4. The van der Waals surface area contributed by atoms with Gasteiger partial charge in [-0.2, -0.15) is 0 Å². The van der Waals surface area contributed by atoms with E-state index < -0.39 is 4.92 Å². The van der Waals surface area contributed by atoms with Gasteiger partial charge in [0.1, 0.15) is 0 Å². The van der Waals surface area contributed by atoms with Crippen molar-refractivity contribution in [2.24, 2.45) is 0 Å². The van der Waals surface area contributed by atoms with Gasteiger partial charge in [-0.1, -0.05) is 24.3 Å². The van der Waals surface area contributed by atoms with Crippen LogP contribution in [0.2, 0.25) is 0 Å². The number of thiazole rings is 1. The summed E-state index contributed by atoms with van der Waals surface area (Å²) in [5, 5.41) is 11.7. The summed E-state index contributed by atoms with van der Waals surface area (Å²) in [5.41, 5.74) is 3.13. The first-order valence-electron chi connectivity index (χ1n) is 9.89. The van der Waals surface area contributed by atoms with Crippen LogP contribution in [0.5, 0.6) is 0 Å². The van der Waals surface area contributed by atoms with Gasteiger partial charge < -0.3 is 9.80 Å². The van der Waals surface area contributed by atoms with Crippen LogP contribution in [-0.2, 0) is 11.2 Å². The monoisotopic (exact) mass is 422 g/mol. The van der Waals surface area contributed by atoms with E-state index in [1.807, 2.05) is 4.90 Å². The highest BCUT2D eigenvalue weighted by Crippen LogP contribution is 2.30. The van der Waals surface area contributed by atoms with Gasteiger partial charge in [-0.25, -0.2) is 4.98 Å². The van der Waals surface area contributed by atoms with E-state index in [2.05, 4.69) is 30.0 Å². The van der Waals surface area contributed by atoms with Crippen molar-refractivity contribution in [1.29, 1.82) is 0 Å². The zero-order valence-electron chi connectivity index (χ0n) is 16.7. The number of nitro benzene ring substituents is 1. The van der Waals surface area contributed by atoms with E-state index in [-0.39, 0.29) is 11.6 Å². The van der Waals surface area contributed by atoms with E-state index in [4.69, 9.17) is 4.98 Å². The molecule has 1 saturated heterocycles. The SMILES string of the molecule is CCc1ccc2nc(N3CCN(C(=O)/C=C\c4ccc([N+](=O)[O-])cc4)CC3)sc2c1. The Hall–Kier alpha value is -3.26. The highest BCUT2D eigenvalue weighted by atomic mass is 32.1. The fourth-order valence-electron chi connectivity index (χ4n) is 3.41. The number of nitro groups is 1. The van der Waals surface area contributed by atoms with Gasteiger partial charge in [0.25, 0.3) is 5.69 Å². The van der Waals surface area contributed by atoms with Crippen LogP contribution in [0, 0.1) is 10.1 Å². The quantitative estimate of drug-likeness (QED) is 0.351. The third kappa shape index (κ3) is 4.33. The Morgan fingerprint density at radius 1 is 1.17 bits per heavy atom. The molecule has 1 aliphatic rings. The average Bonchev–Trinajstić information content (AvgIpc) is 3.21. The molecule has 30 heavy (non-hydrogen) atoms. The number of hydrogen-bond donors (Lipinski definition) is 0. The second-order valence-electron chi connectivity index (χ2n) is 7.15. The second kappa shape index (κ2) is 8.62. The number of carbonyl (C=O) groups is 1. The zero-order valence-corrected chi connectivity index (χ0v) is 17.5. The molecule has 0 unspecified atom stereocenters. The molecule has 0 saturated carbocycles. The van der Waals surface area contributed by atoms with Crippen LogP contribution >= 0.6 is 11.3 Å². The van der Waals surface area contributed by atoms with E-state index in [0.717, 1.165) is 35.7 Å². The van der Waals surface area contributed by atoms with Crippen molar-refractivity contribution in [1.82, 2.24) is 9.88 Å². The van der Waals surface area contributed by atoms with E-state index >= 15 is 0 Å². The normalized spacial score (nSPS) is 14.6. The molecule has 1 amide bonds. The summed E-state index contributed by atoms with van der Waals surface area (Å²) in [6.45, 7) is 4.92. The van der Waals surface area contributed by atoms with Crippen LogP contribution in [0.15, 0.2) is 48.5 Å². The molecule has 7 nitrogen and oxygen atoms in total. The lowest BCUT2D eigenvalue weighted by molar-refractivity contribution is -0.384. The lowest BCUT2D eigenvalue weighted by Gasteiger charge is -2.34. The number of anilines is 1. The molecule has 1 aliphatic heterocycles. The van der Waals surface area contributed by atoms with E-state index in [1.165, 1.54) is 28.5 Å². The first-order valence-corrected chi connectivity index (χ1v) is 10.7. The Morgan fingerprint density at radius 3 is 2.57 bits per heavy atom. The molecule has 8 heteroatoms. The molecule has 2 aromatic carbocycles. The number of aryl methyl sites for hydroxylation is 1. The summed E-state index contributed by atoms with van der Waals surface area (Å²) in [4.78, 5) is 31.6. The number of aromatic nitrogens is 1. The molecular weight excluding hydrogens is 400 g/mol. The minimum Gasteiger partial charge on any atom is -0.345 e. The third-order valence-corrected chi connectivity index (χ3v) is 6.31. The molecule has 2 heterocycles. The van der Waals surface area contributed by atoms with Gasteiger partial charge in [0.05, 0.1) is 15.1 Å². The average molecular weight is 423 g/mol. The summed E-state index contributed by atoms with van der Waals surface area (Å²) in [6, 6.07) is 12.6. The van der Waals surface area contributed by atoms with Crippen molar-refractivity contribution in [2.75, 3.05) is 31.1 Å². The second-order valence-corrected chi connectivity index (χ2v) is 8.16. The van der Waals surface area contributed by atoms with Gasteiger partial charge in [-0.15, -0.1) is 0 Å². The Kier molecular flexibility index (Phi) is 5.76. The molecule has 0 radical (unpaired) electrons. The summed E-state index contributed by atoms with van der Waals surface area (Å²) in [5.74, 6) is -0.0510. The zero-order chi connectivity index (χ0) is 21.1. The van der Waals surface area contributed by atoms with E-state index in [9.17, 15) is 14.9 Å². The lowest BCUT2D eigenvalue weighted by Crippen LogP contribution is -2.48. The fourth-order valence-corrected chi connectivity index (χ4v) is 4.49. The van der Waals surface area contributed by atoms with Gasteiger partial charge >= 0.3 is 0 Å². The molecule has 154 valence electrons. The molecular formula is C22H22N4O3S. The molecule has 0 atom stereocenters. The molecule has 0 spiro atoms. The standard InChI is InChI=1S/C22H22N4O3S/c1-2-16-5-9-19-20(15-16)30-22(23-19)25-13-11-24(12-14-25)21(27)10-6-17-3-7-18(8-4-17)26(28)29/h3-10,15H,2,11-14H2,1H3/b10-6-. The largest absolute Gasteiger partial charge is 0.345 e. The van der Waals surface area contributed by atoms with Crippen LogP contribution in [0.3, 0.4) is 0 Å². The van der Waals surface area contributed by atoms with Crippen molar-refractivity contribution in [3.63, 3.8) is 0 Å². The lowest BCUT2D eigenvalue weighted by atomic mass is 10.2. The number of rotatable bonds is 5. The molecule has 0 bridgehead atoms. The first kappa shape index (κ1) is 20.0. The predicted octanol–water partition coefficient (Wildman–Crippen LogP) is 4.13. The number of carbonyl (C=O) groups excluding carboxylic acids is 1. The van der Waals surface area contributed by atoms with Crippen LogP contribution in [0.25, 0.3) is 16.3 Å². The Labute approximate surface area is 178 Å². The number of hydrogen-bond acceptors (Lipinski definition) is 6. The molecule has 1 fully saturated rings. The van der Waals surface area contributed by atoms with Crippen molar-refractivity contribution in [3.05, 3.63) is 69.8 Å².